The summed E-state index contributed by atoms with van der Waals surface area (Å²) in [5, 5.41) is 3.12. The smallest absolute Gasteiger partial charge is 0.261 e. The summed E-state index contributed by atoms with van der Waals surface area (Å²) in [5.41, 5.74) is 1.08. The Kier molecular flexibility index (Phi) is 5.16. The fraction of sp³-hybridized carbons (Fsp3) is 0.294. The minimum Gasteiger partial charge on any atom is -0.493 e. The number of hydrogen-bond acceptors (Lipinski definition) is 6. The van der Waals surface area contributed by atoms with Crippen LogP contribution in [0.15, 0.2) is 35.8 Å². The van der Waals surface area contributed by atoms with Crippen LogP contribution in [0.2, 0.25) is 0 Å². The molecule has 136 valence electrons. The molecule has 0 fully saturated rings. The highest BCUT2D eigenvalue weighted by Gasteiger charge is 2.12. The number of aromatic nitrogens is 4. The van der Waals surface area contributed by atoms with Crippen molar-refractivity contribution in [1.29, 1.82) is 0 Å². The largest absolute Gasteiger partial charge is 0.493 e. The monoisotopic (exact) mass is 357 g/mol. The number of carbonyl (C=O) groups is 1. The van der Waals surface area contributed by atoms with E-state index < -0.39 is 0 Å². The highest BCUT2D eigenvalue weighted by atomic mass is 16.5. The van der Waals surface area contributed by atoms with Crippen molar-refractivity contribution in [3.05, 3.63) is 47.0 Å². The fourth-order valence-corrected chi connectivity index (χ4v) is 2.57. The first-order valence-corrected chi connectivity index (χ1v) is 7.97. The van der Waals surface area contributed by atoms with Crippen LogP contribution >= 0.6 is 0 Å². The van der Waals surface area contributed by atoms with Gasteiger partial charge in [-0.25, -0.2) is 9.97 Å². The minimum absolute atomic E-state index is 0.112. The van der Waals surface area contributed by atoms with Gasteiger partial charge in [0.15, 0.2) is 11.5 Å². The maximum atomic E-state index is 12.6. The number of imidazole rings is 1. The van der Waals surface area contributed by atoms with E-state index >= 15 is 0 Å². The second-order valence-corrected chi connectivity index (χ2v) is 5.58. The average Bonchev–Trinajstić information content (AvgIpc) is 3.16. The lowest BCUT2D eigenvalue weighted by Crippen LogP contribution is -2.33. The van der Waals surface area contributed by atoms with E-state index in [1.165, 1.54) is 25.1 Å². The molecule has 0 saturated heterocycles. The van der Waals surface area contributed by atoms with E-state index in [1.807, 2.05) is 0 Å². The van der Waals surface area contributed by atoms with Gasteiger partial charge in [-0.3, -0.25) is 14.2 Å². The van der Waals surface area contributed by atoms with Crippen LogP contribution in [-0.4, -0.2) is 46.2 Å². The second-order valence-electron chi connectivity index (χ2n) is 5.58. The molecule has 1 aromatic carbocycles. The van der Waals surface area contributed by atoms with Crippen molar-refractivity contribution >= 4 is 16.8 Å². The average molecular weight is 357 g/mol. The number of rotatable bonds is 7. The van der Waals surface area contributed by atoms with Gasteiger partial charge in [0.25, 0.3) is 5.56 Å². The fourth-order valence-electron chi connectivity index (χ4n) is 2.57. The quantitative estimate of drug-likeness (QED) is 0.637. The predicted octanol–water partition coefficient (Wildman–Crippen LogP) is 0.496. The van der Waals surface area contributed by atoms with Crippen molar-refractivity contribution in [1.82, 2.24) is 24.8 Å². The number of nitrogens with one attached hydrogen (secondary N) is 2. The summed E-state index contributed by atoms with van der Waals surface area (Å²) in [6.07, 6.45) is 5.27. The number of amides is 1. The zero-order valence-corrected chi connectivity index (χ0v) is 14.5. The van der Waals surface area contributed by atoms with Crippen LogP contribution in [0.25, 0.3) is 10.9 Å². The normalized spacial score (nSPS) is 10.7. The first kappa shape index (κ1) is 17.5. The summed E-state index contributed by atoms with van der Waals surface area (Å²) >= 11 is 0. The highest BCUT2D eigenvalue weighted by molar-refractivity contribution is 5.82. The van der Waals surface area contributed by atoms with E-state index in [0.29, 0.717) is 35.4 Å². The third-order valence-corrected chi connectivity index (χ3v) is 3.91. The van der Waals surface area contributed by atoms with Crippen LogP contribution in [0.1, 0.15) is 5.69 Å². The van der Waals surface area contributed by atoms with E-state index in [-0.39, 0.29) is 18.0 Å². The summed E-state index contributed by atoms with van der Waals surface area (Å²) in [4.78, 5) is 35.8. The Morgan fingerprint density at radius 2 is 2.04 bits per heavy atom. The van der Waals surface area contributed by atoms with Gasteiger partial charge >= 0.3 is 0 Å². The van der Waals surface area contributed by atoms with E-state index in [4.69, 9.17) is 9.47 Å². The molecule has 2 aromatic heterocycles. The van der Waals surface area contributed by atoms with Gasteiger partial charge in [-0.2, -0.15) is 0 Å². The SMILES string of the molecule is COc1cc2ncn(CC(=O)NCCc3cnc[nH]3)c(=O)c2cc1OC. The van der Waals surface area contributed by atoms with E-state index in [2.05, 4.69) is 20.3 Å². The Bertz CT molecular complexity index is 965. The molecule has 0 aliphatic rings. The zero-order chi connectivity index (χ0) is 18.5. The molecular formula is C17H19N5O4. The molecule has 0 atom stereocenters. The molecule has 9 nitrogen and oxygen atoms in total. The molecule has 0 spiro atoms. The lowest BCUT2D eigenvalue weighted by molar-refractivity contribution is -0.121. The Hall–Kier alpha value is -3.36. The molecule has 3 aromatic rings. The topological polar surface area (TPSA) is 111 Å². The number of aromatic amines is 1. The number of ether oxygens (including phenoxy) is 2. The first-order chi connectivity index (χ1) is 12.6. The number of H-pyrrole nitrogens is 1. The first-order valence-electron chi connectivity index (χ1n) is 7.97. The number of nitrogens with zero attached hydrogens (tertiary/aromatic N) is 3. The molecular weight excluding hydrogens is 338 g/mol. The van der Waals surface area contributed by atoms with Crippen LogP contribution in [0.3, 0.4) is 0 Å². The maximum absolute atomic E-state index is 12.6. The van der Waals surface area contributed by atoms with Gasteiger partial charge in [0.1, 0.15) is 6.54 Å². The number of carbonyl (C=O) groups excluding carboxylic acids is 1. The number of benzene rings is 1. The summed E-state index contributed by atoms with van der Waals surface area (Å²) < 4.78 is 11.7. The van der Waals surface area contributed by atoms with E-state index in [9.17, 15) is 9.59 Å². The van der Waals surface area contributed by atoms with Gasteiger partial charge in [-0.1, -0.05) is 0 Å². The number of fused-ring (bicyclic) bond motifs is 1. The van der Waals surface area contributed by atoms with Gasteiger partial charge in [-0.05, 0) is 6.07 Å². The van der Waals surface area contributed by atoms with Gasteiger partial charge in [0.05, 0.1) is 37.8 Å². The molecule has 2 N–H and O–H groups in total. The Morgan fingerprint density at radius 1 is 1.27 bits per heavy atom. The lowest BCUT2D eigenvalue weighted by Gasteiger charge is -2.10. The minimum atomic E-state index is -0.320. The van der Waals surface area contributed by atoms with Gasteiger partial charge in [-0.15, -0.1) is 0 Å². The second kappa shape index (κ2) is 7.68. The summed E-state index contributed by atoms with van der Waals surface area (Å²) in [7, 11) is 3.00. The van der Waals surface area contributed by atoms with Crippen molar-refractivity contribution in [3.63, 3.8) is 0 Å². The van der Waals surface area contributed by atoms with Crippen molar-refractivity contribution in [2.75, 3.05) is 20.8 Å². The predicted molar refractivity (Wildman–Crippen MR) is 94.4 cm³/mol. The molecule has 0 aliphatic carbocycles. The van der Waals surface area contributed by atoms with E-state index in [1.54, 1.807) is 24.7 Å². The summed E-state index contributed by atoms with van der Waals surface area (Å²) in [6.45, 7) is 0.334. The Morgan fingerprint density at radius 3 is 2.73 bits per heavy atom. The van der Waals surface area contributed by atoms with Crippen molar-refractivity contribution in [2.45, 2.75) is 13.0 Å². The lowest BCUT2D eigenvalue weighted by atomic mass is 10.2. The van der Waals surface area contributed by atoms with Gasteiger partial charge in [0.2, 0.25) is 5.91 Å². The summed E-state index contributed by atoms with van der Waals surface area (Å²) in [6, 6.07) is 3.19. The molecule has 9 heteroatoms. The Balaban J connectivity index is 1.74. The zero-order valence-electron chi connectivity index (χ0n) is 14.5. The molecule has 2 heterocycles. The highest BCUT2D eigenvalue weighted by Crippen LogP contribution is 2.29. The molecule has 0 saturated carbocycles. The van der Waals surface area contributed by atoms with Gasteiger partial charge in [0, 0.05) is 30.9 Å². The third kappa shape index (κ3) is 3.66. The third-order valence-electron chi connectivity index (χ3n) is 3.91. The Labute approximate surface area is 149 Å². The summed E-state index contributed by atoms with van der Waals surface area (Å²) in [5.74, 6) is 0.648. The standard InChI is InChI=1S/C17H19N5O4/c1-25-14-5-12-13(6-15(14)26-2)21-10-22(17(12)24)8-16(23)19-4-3-11-7-18-9-20-11/h5-7,9-10H,3-4,8H2,1-2H3,(H,18,20)(H,19,23). The van der Waals surface area contributed by atoms with Crippen LogP contribution in [0.4, 0.5) is 0 Å². The van der Waals surface area contributed by atoms with Crippen LogP contribution in [0, 0.1) is 0 Å². The van der Waals surface area contributed by atoms with Gasteiger partial charge < -0.3 is 19.8 Å². The van der Waals surface area contributed by atoms with E-state index in [0.717, 1.165) is 5.69 Å². The number of methoxy groups -OCH3 is 2. The molecule has 0 aliphatic heterocycles. The number of hydrogen-bond donors (Lipinski definition) is 2. The molecule has 3 rings (SSSR count). The molecule has 1 amide bonds. The molecule has 0 bridgehead atoms. The van der Waals surface area contributed by atoms with Crippen LogP contribution in [-0.2, 0) is 17.8 Å². The maximum Gasteiger partial charge on any atom is 0.261 e. The van der Waals surface area contributed by atoms with Crippen molar-refractivity contribution < 1.29 is 14.3 Å². The van der Waals surface area contributed by atoms with Crippen molar-refractivity contribution in [3.8, 4) is 11.5 Å². The molecule has 0 radical (unpaired) electrons. The van der Waals surface area contributed by atoms with Crippen LogP contribution < -0.4 is 20.3 Å². The molecule has 26 heavy (non-hydrogen) atoms. The van der Waals surface area contributed by atoms with Crippen LogP contribution in [0.5, 0.6) is 11.5 Å². The molecule has 0 unspecified atom stereocenters. The van der Waals surface area contributed by atoms with Crippen molar-refractivity contribution in [2.24, 2.45) is 0 Å².